The minimum Gasteiger partial charge on any atom is -0.487 e. The third-order valence-electron chi connectivity index (χ3n) is 5.41. The maximum absolute atomic E-state index is 11.9. The molecule has 2 aliphatic rings. The molecule has 0 saturated heterocycles. The van der Waals surface area contributed by atoms with Crippen LogP contribution in [0.5, 0.6) is 5.75 Å². The third kappa shape index (κ3) is 6.76. The number of aliphatic imine (C=N–C) groups is 1. The molecule has 0 spiro atoms. The first kappa shape index (κ1) is 23.8. The molecule has 3 rings (SSSR count). The fraction of sp³-hybridized carbons (Fsp3) is 0.636. The summed E-state index contributed by atoms with van der Waals surface area (Å²) in [7, 11) is 0. The average molecular weight is 514 g/mol. The lowest BCUT2D eigenvalue weighted by molar-refractivity contribution is -0.127. The minimum atomic E-state index is -0.227. The Bertz CT molecular complexity index is 704. The SMILES string of the molecule is CCNC(=NCCCNC(=O)C1CCC1)NC1CC(C)(C)Oc2ccccc21.I. The van der Waals surface area contributed by atoms with Crippen molar-refractivity contribution in [3.63, 3.8) is 0 Å². The first-order chi connectivity index (χ1) is 13.5. The zero-order valence-corrected chi connectivity index (χ0v) is 20.1. The number of ether oxygens (including phenoxy) is 1. The number of para-hydroxylation sites is 1. The van der Waals surface area contributed by atoms with E-state index in [-0.39, 0.29) is 47.4 Å². The van der Waals surface area contributed by atoms with E-state index in [0.29, 0.717) is 13.1 Å². The molecule has 29 heavy (non-hydrogen) atoms. The lowest BCUT2D eigenvalue weighted by Crippen LogP contribution is -2.45. The fourth-order valence-electron chi connectivity index (χ4n) is 3.71. The highest BCUT2D eigenvalue weighted by molar-refractivity contribution is 14.0. The molecule has 0 aromatic heterocycles. The molecule has 1 heterocycles. The molecular formula is C22H35IN4O2. The maximum atomic E-state index is 11.9. The lowest BCUT2D eigenvalue weighted by atomic mass is 9.85. The second-order valence-corrected chi connectivity index (χ2v) is 8.33. The van der Waals surface area contributed by atoms with Crippen molar-refractivity contribution in [3.05, 3.63) is 29.8 Å². The van der Waals surface area contributed by atoms with Crippen LogP contribution in [-0.2, 0) is 4.79 Å². The molecule has 1 aromatic carbocycles. The number of guanidine groups is 1. The number of halogens is 1. The quantitative estimate of drug-likeness (QED) is 0.224. The van der Waals surface area contributed by atoms with Crippen molar-refractivity contribution < 1.29 is 9.53 Å². The Hall–Kier alpha value is -1.51. The van der Waals surface area contributed by atoms with Crippen LogP contribution in [-0.4, -0.2) is 37.1 Å². The highest BCUT2D eigenvalue weighted by Crippen LogP contribution is 2.39. The molecule has 1 saturated carbocycles. The number of hydrogen-bond donors (Lipinski definition) is 3. The van der Waals surface area contributed by atoms with Crippen LogP contribution in [0.25, 0.3) is 0 Å². The number of nitrogens with one attached hydrogen (secondary N) is 3. The highest BCUT2D eigenvalue weighted by Gasteiger charge is 2.34. The number of carbonyl (C=O) groups is 1. The number of nitrogens with zero attached hydrogens (tertiary/aromatic N) is 1. The smallest absolute Gasteiger partial charge is 0.223 e. The van der Waals surface area contributed by atoms with Gasteiger partial charge in [0.2, 0.25) is 5.91 Å². The van der Waals surface area contributed by atoms with Crippen LogP contribution in [0.4, 0.5) is 0 Å². The molecule has 1 aliphatic heterocycles. The maximum Gasteiger partial charge on any atom is 0.223 e. The Balaban J connectivity index is 0.00000300. The molecular weight excluding hydrogens is 479 g/mol. The Morgan fingerprint density at radius 2 is 2.00 bits per heavy atom. The molecule has 0 radical (unpaired) electrons. The van der Waals surface area contributed by atoms with Gasteiger partial charge in [-0.3, -0.25) is 9.79 Å². The van der Waals surface area contributed by atoms with Crippen LogP contribution in [0.15, 0.2) is 29.3 Å². The molecule has 3 N–H and O–H groups in total. The molecule has 6 nitrogen and oxygen atoms in total. The summed E-state index contributed by atoms with van der Waals surface area (Å²) in [5.41, 5.74) is 0.940. The Morgan fingerprint density at radius 3 is 2.69 bits per heavy atom. The predicted molar refractivity (Wildman–Crippen MR) is 128 cm³/mol. The van der Waals surface area contributed by atoms with E-state index < -0.39 is 0 Å². The largest absolute Gasteiger partial charge is 0.487 e. The minimum absolute atomic E-state index is 0. The van der Waals surface area contributed by atoms with Gasteiger partial charge in [-0.25, -0.2) is 0 Å². The first-order valence-corrected chi connectivity index (χ1v) is 10.6. The monoisotopic (exact) mass is 514 g/mol. The van der Waals surface area contributed by atoms with Gasteiger partial charge in [-0.05, 0) is 46.1 Å². The van der Waals surface area contributed by atoms with E-state index in [1.54, 1.807) is 0 Å². The molecule has 1 aliphatic carbocycles. The normalized spacial score (nSPS) is 20.4. The van der Waals surface area contributed by atoms with E-state index in [4.69, 9.17) is 9.73 Å². The zero-order valence-electron chi connectivity index (χ0n) is 17.8. The van der Waals surface area contributed by atoms with Gasteiger partial charge < -0.3 is 20.7 Å². The van der Waals surface area contributed by atoms with Crippen molar-refractivity contribution in [3.8, 4) is 5.75 Å². The van der Waals surface area contributed by atoms with E-state index >= 15 is 0 Å². The number of hydrogen-bond acceptors (Lipinski definition) is 3. The molecule has 1 aromatic rings. The summed E-state index contributed by atoms with van der Waals surface area (Å²) in [6.07, 6.45) is 4.98. The van der Waals surface area contributed by atoms with Gasteiger partial charge in [0.1, 0.15) is 11.4 Å². The molecule has 1 amide bonds. The molecule has 0 bridgehead atoms. The van der Waals surface area contributed by atoms with Crippen LogP contribution >= 0.6 is 24.0 Å². The molecule has 162 valence electrons. The van der Waals surface area contributed by atoms with E-state index in [1.165, 1.54) is 12.0 Å². The standard InChI is InChI=1S/C22H34N4O2.HI/c1-4-23-21(25-14-8-13-24-20(27)16-9-7-10-16)26-18-15-22(2,3)28-19-12-6-5-11-17(18)19;/h5-6,11-12,16,18H,4,7-10,13-15H2,1-3H3,(H,24,27)(H2,23,25,26);1H. The Morgan fingerprint density at radius 1 is 1.24 bits per heavy atom. The first-order valence-electron chi connectivity index (χ1n) is 10.6. The molecule has 1 fully saturated rings. The van der Waals surface area contributed by atoms with Crippen LogP contribution in [0.3, 0.4) is 0 Å². The summed E-state index contributed by atoms with van der Waals surface area (Å²) in [6.45, 7) is 8.47. The summed E-state index contributed by atoms with van der Waals surface area (Å²) in [6, 6.07) is 8.34. The van der Waals surface area contributed by atoms with Crippen molar-refractivity contribution in [2.75, 3.05) is 19.6 Å². The van der Waals surface area contributed by atoms with Crippen LogP contribution in [0.2, 0.25) is 0 Å². The Kier molecular flexibility index (Phi) is 9.04. The summed E-state index contributed by atoms with van der Waals surface area (Å²) in [5.74, 6) is 2.21. The van der Waals surface area contributed by atoms with Crippen LogP contribution in [0.1, 0.15) is 64.5 Å². The van der Waals surface area contributed by atoms with E-state index in [1.807, 2.05) is 18.2 Å². The van der Waals surface area contributed by atoms with Gasteiger partial charge in [0.25, 0.3) is 0 Å². The fourth-order valence-corrected chi connectivity index (χ4v) is 3.71. The number of rotatable bonds is 7. The second kappa shape index (κ2) is 11.0. The van der Waals surface area contributed by atoms with Gasteiger partial charge in [0.05, 0.1) is 6.04 Å². The second-order valence-electron chi connectivity index (χ2n) is 8.33. The van der Waals surface area contributed by atoms with E-state index in [2.05, 4.69) is 42.8 Å². The number of fused-ring (bicyclic) bond motifs is 1. The van der Waals surface area contributed by atoms with Gasteiger partial charge in [-0.2, -0.15) is 0 Å². The van der Waals surface area contributed by atoms with E-state index in [0.717, 1.165) is 43.9 Å². The highest BCUT2D eigenvalue weighted by atomic mass is 127. The zero-order chi connectivity index (χ0) is 20.0. The predicted octanol–water partition coefficient (Wildman–Crippen LogP) is 3.77. The summed E-state index contributed by atoms with van der Waals surface area (Å²) in [5, 5.41) is 9.94. The van der Waals surface area contributed by atoms with Crippen molar-refractivity contribution in [1.29, 1.82) is 0 Å². The summed E-state index contributed by atoms with van der Waals surface area (Å²) < 4.78 is 6.12. The Labute approximate surface area is 191 Å². The molecule has 1 unspecified atom stereocenters. The lowest BCUT2D eigenvalue weighted by Gasteiger charge is -2.38. The van der Waals surface area contributed by atoms with Gasteiger partial charge in [-0.15, -0.1) is 24.0 Å². The van der Waals surface area contributed by atoms with Crippen molar-refractivity contribution >= 4 is 35.8 Å². The number of benzene rings is 1. The summed E-state index contributed by atoms with van der Waals surface area (Å²) in [4.78, 5) is 16.6. The van der Waals surface area contributed by atoms with Crippen LogP contribution in [0, 0.1) is 5.92 Å². The van der Waals surface area contributed by atoms with Crippen molar-refractivity contribution in [2.24, 2.45) is 10.9 Å². The van der Waals surface area contributed by atoms with E-state index in [9.17, 15) is 4.79 Å². The summed E-state index contributed by atoms with van der Waals surface area (Å²) >= 11 is 0. The van der Waals surface area contributed by atoms with Gasteiger partial charge >= 0.3 is 0 Å². The number of amides is 1. The van der Waals surface area contributed by atoms with Gasteiger partial charge in [0, 0.05) is 37.5 Å². The van der Waals surface area contributed by atoms with Gasteiger partial charge in [-0.1, -0.05) is 24.6 Å². The molecule has 7 heteroatoms. The topological polar surface area (TPSA) is 74.8 Å². The average Bonchev–Trinajstić information content (AvgIpc) is 2.59. The van der Waals surface area contributed by atoms with Crippen molar-refractivity contribution in [2.45, 2.75) is 64.5 Å². The number of carbonyl (C=O) groups excluding carboxylic acids is 1. The molecule has 1 atom stereocenters. The van der Waals surface area contributed by atoms with Crippen LogP contribution < -0.4 is 20.7 Å². The van der Waals surface area contributed by atoms with Crippen molar-refractivity contribution in [1.82, 2.24) is 16.0 Å². The third-order valence-corrected chi connectivity index (χ3v) is 5.41. The van der Waals surface area contributed by atoms with Gasteiger partial charge in [0.15, 0.2) is 5.96 Å².